The number of fused-ring (bicyclic) bond motifs is 1. The van der Waals surface area contributed by atoms with Crippen LogP contribution in [0.3, 0.4) is 0 Å². The Morgan fingerprint density at radius 2 is 2.00 bits per heavy atom. The Hall–Kier alpha value is -2.36. The lowest BCUT2D eigenvalue weighted by molar-refractivity contribution is 0.0954. The van der Waals surface area contributed by atoms with E-state index in [0.29, 0.717) is 18.5 Å². The van der Waals surface area contributed by atoms with Gasteiger partial charge in [-0.25, -0.2) is 4.39 Å². The molecule has 0 atom stereocenters. The maximum absolute atomic E-state index is 12.8. The molecule has 0 radical (unpaired) electrons. The zero-order chi connectivity index (χ0) is 14.7. The van der Waals surface area contributed by atoms with E-state index in [9.17, 15) is 9.18 Å². The van der Waals surface area contributed by atoms with Gasteiger partial charge in [-0.1, -0.05) is 12.1 Å². The second kappa shape index (κ2) is 5.95. The molecule has 0 saturated carbocycles. The molecule has 3 rings (SSSR count). The molecule has 108 valence electrons. The number of hydrogen-bond donors (Lipinski definition) is 2. The van der Waals surface area contributed by atoms with E-state index >= 15 is 0 Å². The fourth-order valence-corrected chi connectivity index (χ4v) is 2.52. The molecule has 1 aliphatic rings. The first-order valence-corrected chi connectivity index (χ1v) is 7.12. The first kappa shape index (κ1) is 13.6. The molecular formula is C17H17FN2O. The van der Waals surface area contributed by atoms with Crippen molar-refractivity contribution in [2.45, 2.75) is 12.8 Å². The van der Waals surface area contributed by atoms with Crippen molar-refractivity contribution in [2.24, 2.45) is 0 Å². The first-order chi connectivity index (χ1) is 10.2. The number of halogens is 1. The Kier molecular flexibility index (Phi) is 3.86. The second-order valence-electron chi connectivity index (χ2n) is 5.18. The van der Waals surface area contributed by atoms with E-state index in [-0.39, 0.29) is 11.7 Å². The van der Waals surface area contributed by atoms with Crippen LogP contribution in [-0.2, 0) is 12.8 Å². The first-order valence-electron chi connectivity index (χ1n) is 7.12. The van der Waals surface area contributed by atoms with Gasteiger partial charge in [-0.3, -0.25) is 4.79 Å². The highest BCUT2D eigenvalue weighted by atomic mass is 19.1. The van der Waals surface area contributed by atoms with Gasteiger partial charge in [0.05, 0.1) is 0 Å². The third-order valence-corrected chi connectivity index (χ3v) is 3.69. The van der Waals surface area contributed by atoms with E-state index in [1.165, 1.54) is 17.7 Å². The van der Waals surface area contributed by atoms with Crippen LogP contribution >= 0.6 is 0 Å². The SMILES string of the molecule is O=C(NCCc1ccc(F)cc1)c1ccc2c(c1)CCN2. The summed E-state index contributed by atoms with van der Waals surface area (Å²) in [6.45, 7) is 1.48. The number of benzene rings is 2. The summed E-state index contributed by atoms with van der Waals surface area (Å²) in [6, 6.07) is 12.1. The highest BCUT2D eigenvalue weighted by Gasteiger charge is 2.13. The molecule has 2 aromatic carbocycles. The van der Waals surface area contributed by atoms with Crippen molar-refractivity contribution in [1.82, 2.24) is 5.32 Å². The van der Waals surface area contributed by atoms with Crippen LogP contribution in [0.1, 0.15) is 21.5 Å². The highest BCUT2D eigenvalue weighted by Crippen LogP contribution is 2.22. The van der Waals surface area contributed by atoms with Gasteiger partial charge in [-0.15, -0.1) is 0 Å². The molecule has 0 aromatic heterocycles. The topological polar surface area (TPSA) is 41.1 Å². The van der Waals surface area contributed by atoms with E-state index in [0.717, 1.165) is 24.2 Å². The molecule has 4 heteroatoms. The summed E-state index contributed by atoms with van der Waals surface area (Å²) in [4.78, 5) is 12.1. The molecule has 3 nitrogen and oxygen atoms in total. The van der Waals surface area contributed by atoms with E-state index in [1.807, 2.05) is 18.2 Å². The smallest absolute Gasteiger partial charge is 0.251 e. The maximum Gasteiger partial charge on any atom is 0.251 e. The molecule has 0 fully saturated rings. The lowest BCUT2D eigenvalue weighted by Crippen LogP contribution is -2.25. The van der Waals surface area contributed by atoms with Gasteiger partial charge >= 0.3 is 0 Å². The Morgan fingerprint density at radius 1 is 1.19 bits per heavy atom. The number of anilines is 1. The van der Waals surface area contributed by atoms with Crippen LogP contribution in [0.2, 0.25) is 0 Å². The predicted molar refractivity (Wildman–Crippen MR) is 81.1 cm³/mol. The van der Waals surface area contributed by atoms with Gasteiger partial charge in [0.25, 0.3) is 5.91 Å². The Bertz CT molecular complexity index is 652. The van der Waals surface area contributed by atoms with Crippen LogP contribution in [0.5, 0.6) is 0 Å². The summed E-state index contributed by atoms with van der Waals surface area (Å²) in [7, 11) is 0. The van der Waals surface area contributed by atoms with Gasteiger partial charge in [-0.05, 0) is 54.3 Å². The van der Waals surface area contributed by atoms with E-state index in [4.69, 9.17) is 0 Å². The van der Waals surface area contributed by atoms with Crippen molar-refractivity contribution < 1.29 is 9.18 Å². The van der Waals surface area contributed by atoms with Gasteiger partial charge in [-0.2, -0.15) is 0 Å². The van der Waals surface area contributed by atoms with Gasteiger partial charge < -0.3 is 10.6 Å². The molecule has 1 aliphatic heterocycles. The summed E-state index contributed by atoms with van der Waals surface area (Å²) in [5.41, 5.74) is 4.02. The predicted octanol–water partition coefficient (Wildman–Crippen LogP) is 2.77. The number of hydrogen-bond acceptors (Lipinski definition) is 2. The van der Waals surface area contributed by atoms with Crippen LogP contribution in [0, 0.1) is 5.82 Å². The summed E-state index contributed by atoms with van der Waals surface area (Å²) in [6.07, 6.45) is 1.66. The van der Waals surface area contributed by atoms with E-state index < -0.39 is 0 Å². The van der Waals surface area contributed by atoms with Gasteiger partial charge in [0.2, 0.25) is 0 Å². The summed E-state index contributed by atoms with van der Waals surface area (Å²) >= 11 is 0. The number of amides is 1. The fourth-order valence-electron chi connectivity index (χ4n) is 2.52. The number of nitrogens with one attached hydrogen (secondary N) is 2. The van der Waals surface area contributed by atoms with Crippen LogP contribution in [0.15, 0.2) is 42.5 Å². The molecule has 21 heavy (non-hydrogen) atoms. The third kappa shape index (κ3) is 3.21. The minimum atomic E-state index is -0.241. The Labute approximate surface area is 123 Å². The van der Waals surface area contributed by atoms with Crippen molar-refractivity contribution in [3.63, 3.8) is 0 Å². The van der Waals surface area contributed by atoms with Crippen LogP contribution < -0.4 is 10.6 Å². The van der Waals surface area contributed by atoms with Crippen LogP contribution in [-0.4, -0.2) is 19.0 Å². The largest absolute Gasteiger partial charge is 0.384 e. The van der Waals surface area contributed by atoms with Crippen LogP contribution in [0.4, 0.5) is 10.1 Å². The average molecular weight is 284 g/mol. The molecule has 1 amide bonds. The molecule has 0 saturated heterocycles. The molecule has 1 heterocycles. The van der Waals surface area contributed by atoms with E-state index in [2.05, 4.69) is 10.6 Å². The molecule has 2 N–H and O–H groups in total. The summed E-state index contributed by atoms with van der Waals surface area (Å²) < 4.78 is 12.8. The van der Waals surface area contributed by atoms with Crippen molar-refractivity contribution in [3.8, 4) is 0 Å². The molecule has 0 aliphatic carbocycles. The zero-order valence-electron chi connectivity index (χ0n) is 11.7. The zero-order valence-corrected chi connectivity index (χ0v) is 11.7. The van der Waals surface area contributed by atoms with Gasteiger partial charge in [0.1, 0.15) is 5.82 Å². The van der Waals surface area contributed by atoms with E-state index in [1.54, 1.807) is 12.1 Å². The third-order valence-electron chi connectivity index (χ3n) is 3.69. The summed E-state index contributed by atoms with van der Waals surface area (Å²) in [5, 5.41) is 6.17. The fraction of sp³-hybridized carbons (Fsp3) is 0.235. The average Bonchev–Trinajstić information content (AvgIpc) is 2.96. The molecule has 0 spiro atoms. The van der Waals surface area contributed by atoms with Crippen molar-refractivity contribution in [1.29, 1.82) is 0 Å². The number of carbonyl (C=O) groups excluding carboxylic acids is 1. The van der Waals surface area contributed by atoms with Crippen molar-refractivity contribution in [2.75, 3.05) is 18.4 Å². The van der Waals surface area contributed by atoms with Crippen molar-refractivity contribution in [3.05, 3.63) is 65.0 Å². The summed E-state index contributed by atoms with van der Waals surface area (Å²) in [5.74, 6) is -0.304. The van der Waals surface area contributed by atoms with Crippen molar-refractivity contribution >= 4 is 11.6 Å². The lowest BCUT2D eigenvalue weighted by Gasteiger charge is -2.07. The minimum absolute atomic E-state index is 0.0631. The Balaban J connectivity index is 1.55. The Morgan fingerprint density at radius 3 is 2.81 bits per heavy atom. The molecule has 0 bridgehead atoms. The van der Waals surface area contributed by atoms with Gasteiger partial charge in [0, 0.05) is 24.3 Å². The number of carbonyl (C=O) groups is 1. The molecule has 2 aromatic rings. The monoisotopic (exact) mass is 284 g/mol. The highest BCUT2D eigenvalue weighted by molar-refractivity contribution is 5.95. The number of rotatable bonds is 4. The maximum atomic E-state index is 12.8. The molecular weight excluding hydrogens is 267 g/mol. The van der Waals surface area contributed by atoms with Gasteiger partial charge in [0.15, 0.2) is 0 Å². The minimum Gasteiger partial charge on any atom is -0.384 e. The normalized spacial score (nSPS) is 12.6. The lowest BCUT2D eigenvalue weighted by atomic mass is 10.1. The standard InChI is InChI=1S/C17H17FN2O/c18-15-4-1-12(2-5-15)7-9-20-17(21)14-3-6-16-13(11-14)8-10-19-16/h1-6,11,19H,7-10H2,(H,20,21). The molecule has 0 unspecified atom stereocenters. The quantitative estimate of drug-likeness (QED) is 0.906. The second-order valence-corrected chi connectivity index (χ2v) is 5.18. The van der Waals surface area contributed by atoms with Crippen LogP contribution in [0.25, 0.3) is 0 Å².